The van der Waals surface area contributed by atoms with Crippen molar-refractivity contribution in [2.24, 2.45) is 0 Å². The first-order valence-corrected chi connectivity index (χ1v) is 7.53. The molecule has 0 N–H and O–H groups in total. The van der Waals surface area contributed by atoms with Crippen LogP contribution in [0.3, 0.4) is 0 Å². The highest BCUT2D eigenvalue weighted by atomic mass is 32.2. The fourth-order valence-corrected chi connectivity index (χ4v) is 2.10. The maximum absolute atomic E-state index is 12.5. The van der Waals surface area contributed by atoms with Gasteiger partial charge in [0.15, 0.2) is 5.76 Å². The summed E-state index contributed by atoms with van der Waals surface area (Å²) in [6.45, 7) is 0. The lowest BCUT2D eigenvalue weighted by Crippen LogP contribution is -2.25. The molecule has 0 radical (unpaired) electrons. The normalized spacial score (nSPS) is 12.4. The zero-order valence-electron chi connectivity index (χ0n) is 11.6. The second kappa shape index (κ2) is 7.56. The summed E-state index contributed by atoms with van der Waals surface area (Å²) >= 11 is 0. The summed E-state index contributed by atoms with van der Waals surface area (Å²) in [6.07, 6.45) is 1.23. The number of benzene rings is 2. The number of halogens is 3. The zero-order valence-corrected chi connectivity index (χ0v) is 13.4. The van der Waals surface area contributed by atoms with Crippen LogP contribution in [0, 0.1) is 0 Å². The summed E-state index contributed by atoms with van der Waals surface area (Å²) in [5, 5.41) is 0. The minimum Gasteiger partial charge on any atom is -0.375 e. The fraction of sp³-hybridized carbons (Fsp3) is 0.0667. The van der Waals surface area contributed by atoms with Crippen LogP contribution in [0.15, 0.2) is 60.7 Å². The Morgan fingerprint density at radius 1 is 0.913 bits per heavy atom. The fourth-order valence-electron chi connectivity index (χ4n) is 1.62. The number of hydrogen-bond donors (Lipinski definition) is 0. The molecule has 0 saturated heterocycles. The predicted octanol–water partition coefficient (Wildman–Crippen LogP) is 4.16. The van der Waals surface area contributed by atoms with Crippen molar-refractivity contribution < 1.29 is 25.8 Å². The summed E-state index contributed by atoms with van der Waals surface area (Å²) in [7, 11) is -5.73. The predicted molar refractivity (Wildman–Crippen MR) is 87.2 cm³/mol. The van der Waals surface area contributed by atoms with Crippen LogP contribution in [-0.4, -0.2) is 13.9 Å². The second-order valence-electron chi connectivity index (χ2n) is 4.27. The third-order valence-electron chi connectivity index (χ3n) is 2.64. The summed E-state index contributed by atoms with van der Waals surface area (Å²) in [5.41, 5.74) is -4.75. The topological polar surface area (TPSA) is 43.4 Å². The Bertz CT molecular complexity index is 756. The Labute approximate surface area is 139 Å². The highest BCUT2D eigenvalue weighted by Crippen LogP contribution is 2.30. The molecule has 23 heavy (non-hydrogen) atoms. The van der Waals surface area contributed by atoms with Gasteiger partial charge in [-0.15, -0.1) is 0 Å². The van der Waals surface area contributed by atoms with E-state index in [0.717, 1.165) is 0 Å². The quantitative estimate of drug-likeness (QED) is 0.355. The number of rotatable bonds is 4. The molecule has 124 valence electrons. The minimum absolute atomic E-state index is 0. The first-order chi connectivity index (χ1) is 10.3. The van der Waals surface area contributed by atoms with E-state index < -0.39 is 21.4 Å². The van der Waals surface area contributed by atoms with E-state index >= 15 is 0 Å². The smallest absolute Gasteiger partial charge is 0.375 e. The molecule has 2 aromatic rings. The van der Waals surface area contributed by atoms with Crippen LogP contribution >= 0.6 is 13.5 Å². The largest absolute Gasteiger partial charge is 0.534 e. The summed E-state index contributed by atoms with van der Waals surface area (Å²) in [6, 6.07) is 16.0. The van der Waals surface area contributed by atoms with Gasteiger partial charge in [-0.2, -0.15) is 35.1 Å². The van der Waals surface area contributed by atoms with Crippen LogP contribution in [0.25, 0.3) is 11.8 Å². The average molecular weight is 362 g/mol. The highest BCUT2D eigenvalue weighted by Gasteiger charge is 2.48. The maximum Gasteiger partial charge on any atom is 0.534 e. The van der Waals surface area contributed by atoms with Crippen molar-refractivity contribution in [1.82, 2.24) is 0 Å². The van der Waals surface area contributed by atoms with Crippen molar-refractivity contribution in [3.05, 3.63) is 71.8 Å². The molecule has 0 bridgehead atoms. The maximum atomic E-state index is 12.5. The molecule has 0 saturated carbocycles. The van der Waals surface area contributed by atoms with Gasteiger partial charge in [0.1, 0.15) is 0 Å². The molecule has 0 aliphatic heterocycles. The van der Waals surface area contributed by atoms with E-state index in [9.17, 15) is 21.6 Å². The zero-order chi connectivity index (χ0) is 16.2. The van der Waals surface area contributed by atoms with Gasteiger partial charge >= 0.3 is 15.6 Å². The minimum atomic E-state index is -5.73. The SMILES string of the molecule is O=S(=O)(O/C(=C\c1ccccc1)c1ccccc1)C(F)(F)F.S. The van der Waals surface area contributed by atoms with E-state index in [0.29, 0.717) is 5.56 Å². The molecule has 2 rings (SSSR count). The highest BCUT2D eigenvalue weighted by molar-refractivity contribution is 7.87. The molecule has 0 amide bonds. The molecule has 0 fully saturated rings. The molecule has 0 aliphatic carbocycles. The second-order valence-corrected chi connectivity index (χ2v) is 5.81. The molecule has 0 atom stereocenters. The third kappa shape index (κ3) is 5.04. The molecule has 0 unspecified atom stereocenters. The lowest BCUT2D eigenvalue weighted by molar-refractivity contribution is -0.0509. The van der Waals surface area contributed by atoms with Gasteiger partial charge in [0.05, 0.1) is 0 Å². The lowest BCUT2D eigenvalue weighted by Gasteiger charge is -2.12. The van der Waals surface area contributed by atoms with Crippen molar-refractivity contribution in [2.45, 2.75) is 5.51 Å². The molecule has 8 heteroatoms. The first-order valence-electron chi connectivity index (χ1n) is 6.12. The monoisotopic (exact) mass is 362 g/mol. The number of alkyl halides is 3. The van der Waals surface area contributed by atoms with Crippen molar-refractivity contribution in [3.8, 4) is 0 Å². The van der Waals surface area contributed by atoms with Crippen LogP contribution in [0.1, 0.15) is 11.1 Å². The van der Waals surface area contributed by atoms with E-state index in [4.69, 9.17) is 0 Å². The Kier molecular flexibility index (Phi) is 6.28. The van der Waals surface area contributed by atoms with Crippen LogP contribution in [-0.2, 0) is 14.3 Å². The van der Waals surface area contributed by atoms with Crippen molar-refractivity contribution in [3.63, 3.8) is 0 Å². The van der Waals surface area contributed by atoms with Gasteiger partial charge in [0, 0.05) is 5.56 Å². The summed E-state index contributed by atoms with van der Waals surface area (Å²) < 4.78 is 64.3. The molecule has 2 aromatic carbocycles. The first kappa shape index (κ1) is 19.1. The van der Waals surface area contributed by atoms with Crippen molar-refractivity contribution >= 4 is 35.4 Å². The molecule has 0 aromatic heterocycles. The van der Waals surface area contributed by atoms with Gasteiger partial charge in [-0.1, -0.05) is 60.7 Å². The van der Waals surface area contributed by atoms with E-state index in [2.05, 4.69) is 4.18 Å². The molecular weight excluding hydrogens is 349 g/mol. The van der Waals surface area contributed by atoms with Crippen LogP contribution < -0.4 is 0 Å². The van der Waals surface area contributed by atoms with Crippen molar-refractivity contribution in [1.29, 1.82) is 0 Å². The van der Waals surface area contributed by atoms with E-state index in [1.165, 1.54) is 18.2 Å². The molecule has 0 spiro atoms. The van der Waals surface area contributed by atoms with Gasteiger partial charge in [-0.3, -0.25) is 0 Å². The lowest BCUT2D eigenvalue weighted by atomic mass is 10.1. The summed E-state index contributed by atoms with van der Waals surface area (Å²) in [4.78, 5) is 0. The Morgan fingerprint density at radius 3 is 1.87 bits per heavy atom. The third-order valence-corrected chi connectivity index (χ3v) is 3.60. The van der Waals surface area contributed by atoms with Gasteiger partial charge in [-0.25, -0.2) is 0 Å². The molecule has 3 nitrogen and oxygen atoms in total. The van der Waals surface area contributed by atoms with Gasteiger partial charge in [-0.05, 0) is 11.6 Å². The van der Waals surface area contributed by atoms with E-state index in [1.807, 2.05) is 0 Å². The molecule has 0 heterocycles. The van der Waals surface area contributed by atoms with Crippen LogP contribution in [0.4, 0.5) is 13.2 Å². The number of hydrogen-bond acceptors (Lipinski definition) is 3. The van der Waals surface area contributed by atoms with Gasteiger partial charge in [0.2, 0.25) is 0 Å². The van der Waals surface area contributed by atoms with Gasteiger partial charge in [0.25, 0.3) is 0 Å². The standard InChI is InChI=1S/C15H11F3O3S.H2S/c16-15(17,18)22(19,20)21-14(13-9-5-2-6-10-13)11-12-7-3-1-4-8-12;/h1-11H;1H2/b14-11-;. The Hall–Kier alpha value is -1.93. The molecular formula is C15H13F3O3S2. The van der Waals surface area contributed by atoms with Crippen molar-refractivity contribution in [2.75, 3.05) is 0 Å². The van der Waals surface area contributed by atoms with Crippen LogP contribution in [0.5, 0.6) is 0 Å². The average Bonchev–Trinajstić information content (AvgIpc) is 2.47. The molecule has 0 aliphatic rings. The van der Waals surface area contributed by atoms with E-state index in [1.54, 1.807) is 48.5 Å². The van der Waals surface area contributed by atoms with Crippen LogP contribution in [0.2, 0.25) is 0 Å². The van der Waals surface area contributed by atoms with Gasteiger partial charge < -0.3 is 4.18 Å². The summed E-state index contributed by atoms with van der Waals surface area (Å²) in [5.74, 6) is -0.399. The Morgan fingerprint density at radius 2 is 1.39 bits per heavy atom. The Balaban J connectivity index is 0.00000264. The van der Waals surface area contributed by atoms with E-state index in [-0.39, 0.29) is 19.1 Å².